The summed E-state index contributed by atoms with van der Waals surface area (Å²) in [6.07, 6.45) is 0. The van der Waals surface area contributed by atoms with E-state index in [0.29, 0.717) is 16.1 Å². The molecular weight excluding hydrogens is 372 g/mol. The van der Waals surface area contributed by atoms with Crippen molar-refractivity contribution in [2.45, 2.75) is 11.0 Å². The maximum absolute atomic E-state index is 5.86. The second kappa shape index (κ2) is 6.64. The monoisotopic (exact) mass is 380 g/mol. The van der Waals surface area contributed by atoms with Crippen molar-refractivity contribution in [1.29, 1.82) is 0 Å². The lowest BCUT2D eigenvalue weighted by Gasteiger charge is -1.98. The standard InChI is InChI=1S/C15H10BrClN2OS/c16-12-5-1-10(2-6-12)9-21-15-19-18-14(20-15)11-3-7-13(17)8-4-11/h1-8H,9H2. The summed E-state index contributed by atoms with van der Waals surface area (Å²) in [6, 6.07) is 15.5. The molecule has 0 aliphatic rings. The lowest BCUT2D eigenvalue weighted by atomic mass is 10.2. The first-order valence-corrected chi connectivity index (χ1v) is 8.33. The fourth-order valence-corrected chi connectivity index (χ4v) is 2.81. The number of thioether (sulfide) groups is 1. The minimum Gasteiger partial charge on any atom is -0.411 e. The molecule has 2 aromatic carbocycles. The van der Waals surface area contributed by atoms with Gasteiger partial charge in [-0.25, -0.2) is 0 Å². The second-order valence-corrected chi connectivity index (χ2v) is 6.57. The number of nitrogens with zero attached hydrogens (tertiary/aromatic N) is 2. The molecule has 106 valence electrons. The SMILES string of the molecule is Clc1ccc(-c2nnc(SCc3ccc(Br)cc3)o2)cc1. The van der Waals surface area contributed by atoms with Gasteiger partial charge in [0.1, 0.15) is 0 Å². The number of benzene rings is 2. The van der Waals surface area contributed by atoms with Gasteiger partial charge in [-0.2, -0.15) is 0 Å². The molecule has 21 heavy (non-hydrogen) atoms. The maximum Gasteiger partial charge on any atom is 0.277 e. The lowest BCUT2D eigenvalue weighted by Crippen LogP contribution is -1.80. The molecule has 0 aliphatic carbocycles. The molecule has 0 N–H and O–H groups in total. The van der Waals surface area contributed by atoms with Crippen LogP contribution >= 0.6 is 39.3 Å². The summed E-state index contributed by atoms with van der Waals surface area (Å²) < 4.78 is 6.71. The van der Waals surface area contributed by atoms with E-state index in [0.717, 1.165) is 15.8 Å². The fourth-order valence-electron chi connectivity index (χ4n) is 1.70. The van der Waals surface area contributed by atoms with Gasteiger partial charge < -0.3 is 4.42 Å². The Morgan fingerprint density at radius 2 is 1.71 bits per heavy atom. The van der Waals surface area contributed by atoms with Crippen LogP contribution < -0.4 is 0 Å². The molecule has 0 saturated heterocycles. The third-order valence-corrected chi connectivity index (χ3v) is 4.44. The third-order valence-electron chi connectivity index (χ3n) is 2.77. The molecule has 1 aromatic heterocycles. The molecule has 0 atom stereocenters. The first kappa shape index (κ1) is 14.6. The van der Waals surface area contributed by atoms with E-state index in [1.807, 2.05) is 24.3 Å². The van der Waals surface area contributed by atoms with Gasteiger partial charge in [0.05, 0.1) is 0 Å². The molecular formula is C15H10BrClN2OS. The summed E-state index contributed by atoms with van der Waals surface area (Å²) in [5.41, 5.74) is 2.07. The van der Waals surface area contributed by atoms with Crippen molar-refractivity contribution >= 4 is 39.3 Å². The maximum atomic E-state index is 5.86. The molecule has 3 aromatic rings. The van der Waals surface area contributed by atoms with Gasteiger partial charge in [-0.15, -0.1) is 10.2 Å². The predicted molar refractivity (Wildman–Crippen MR) is 88.4 cm³/mol. The first-order chi connectivity index (χ1) is 10.2. The summed E-state index contributed by atoms with van der Waals surface area (Å²) in [7, 11) is 0. The van der Waals surface area contributed by atoms with Gasteiger partial charge >= 0.3 is 0 Å². The Bertz CT molecular complexity index is 728. The van der Waals surface area contributed by atoms with Crippen LogP contribution in [0.25, 0.3) is 11.5 Å². The van der Waals surface area contributed by atoms with Crippen molar-refractivity contribution in [1.82, 2.24) is 10.2 Å². The zero-order valence-corrected chi connectivity index (χ0v) is 14.0. The molecule has 0 unspecified atom stereocenters. The van der Waals surface area contributed by atoms with Crippen LogP contribution in [0.15, 0.2) is 62.6 Å². The fraction of sp³-hybridized carbons (Fsp3) is 0.0667. The molecule has 0 amide bonds. The molecule has 1 heterocycles. The molecule has 0 fully saturated rings. The van der Waals surface area contributed by atoms with Crippen molar-refractivity contribution in [2.24, 2.45) is 0 Å². The highest BCUT2D eigenvalue weighted by molar-refractivity contribution is 9.10. The van der Waals surface area contributed by atoms with Crippen molar-refractivity contribution in [3.63, 3.8) is 0 Å². The van der Waals surface area contributed by atoms with Crippen molar-refractivity contribution < 1.29 is 4.42 Å². The molecule has 0 spiro atoms. The summed E-state index contributed by atoms with van der Waals surface area (Å²) in [5.74, 6) is 1.29. The summed E-state index contributed by atoms with van der Waals surface area (Å²) in [6.45, 7) is 0. The van der Waals surface area contributed by atoms with Crippen molar-refractivity contribution in [3.8, 4) is 11.5 Å². The van der Waals surface area contributed by atoms with E-state index in [1.165, 1.54) is 17.3 Å². The molecule has 3 rings (SSSR count). The van der Waals surface area contributed by atoms with Gasteiger partial charge in [0.2, 0.25) is 5.89 Å². The summed E-state index contributed by atoms with van der Waals surface area (Å²) in [4.78, 5) is 0. The first-order valence-electron chi connectivity index (χ1n) is 6.17. The Morgan fingerprint density at radius 1 is 1.00 bits per heavy atom. The Hall–Kier alpha value is -1.30. The highest BCUT2D eigenvalue weighted by Crippen LogP contribution is 2.26. The normalized spacial score (nSPS) is 10.8. The van der Waals surface area contributed by atoms with E-state index in [1.54, 1.807) is 12.1 Å². The Labute approximate surface area is 139 Å². The predicted octanol–water partition coefficient (Wildman–Crippen LogP) is 5.44. The van der Waals surface area contributed by atoms with Crippen molar-refractivity contribution in [3.05, 3.63) is 63.6 Å². The largest absolute Gasteiger partial charge is 0.411 e. The summed E-state index contributed by atoms with van der Waals surface area (Å²) >= 11 is 10.8. The quantitative estimate of drug-likeness (QED) is 0.564. The molecule has 0 radical (unpaired) electrons. The van der Waals surface area contributed by atoms with E-state index in [4.69, 9.17) is 16.0 Å². The van der Waals surface area contributed by atoms with E-state index < -0.39 is 0 Å². The Kier molecular flexibility index (Phi) is 4.63. The smallest absolute Gasteiger partial charge is 0.277 e. The molecule has 6 heteroatoms. The van der Waals surface area contributed by atoms with E-state index in [-0.39, 0.29) is 0 Å². The highest BCUT2D eigenvalue weighted by atomic mass is 79.9. The third kappa shape index (κ3) is 3.87. The van der Waals surface area contributed by atoms with Crippen LogP contribution in [-0.4, -0.2) is 10.2 Å². The average molecular weight is 382 g/mol. The zero-order valence-electron chi connectivity index (χ0n) is 10.8. The number of aromatic nitrogens is 2. The number of halogens is 2. The molecule has 0 bridgehead atoms. The lowest BCUT2D eigenvalue weighted by molar-refractivity contribution is 0.466. The van der Waals surface area contributed by atoms with Crippen LogP contribution in [0.3, 0.4) is 0 Å². The van der Waals surface area contributed by atoms with Gasteiger partial charge in [-0.3, -0.25) is 0 Å². The van der Waals surface area contributed by atoms with Gasteiger partial charge in [-0.1, -0.05) is 51.4 Å². The van der Waals surface area contributed by atoms with Crippen LogP contribution in [-0.2, 0) is 5.75 Å². The molecule has 3 nitrogen and oxygen atoms in total. The second-order valence-electron chi connectivity index (χ2n) is 4.30. The minimum atomic E-state index is 0.505. The van der Waals surface area contributed by atoms with E-state index in [9.17, 15) is 0 Å². The number of rotatable bonds is 4. The van der Waals surface area contributed by atoms with E-state index in [2.05, 4.69) is 38.3 Å². The molecule has 0 saturated carbocycles. The van der Waals surface area contributed by atoms with Crippen LogP contribution in [0.5, 0.6) is 0 Å². The zero-order chi connectivity index (χ0) is 14.7. The van der Waals surface area contributed by atoms with Gasteiger partial charge in [-0.05, 0) is 42.0 Å². The van der Waals surface area contributed by atoms with Crippen LogP contribution in [0.4, 0.5) is 0 Å². The average Bonchev–Trinajstić information content (AvgIpc) is 2.96. The van der Waals surface area contributed by atoms with Gasteiger partial charge in [0.15, 0.2) is 0 Å². The van der Waals surface area contributed by atoms with Crippen molar-refractivity contribution in [2.75, 3.05) is 0 Å². The Balaban J connectivity index is 1.67. The highest BCUT2D eigenvalue weighted by Gasteiger charge is 2.09. The van der Waals surface area contributed by atoms with Gasteiger partial charge in [0.25, 0.3) is 5.22 Å². The summed E-state index contributed by atoms with van der Waals surface area (Å²) in [5, 5.41) is 9.35. The van der Waals surface area contributed by atoms with Crippen LogP contribution in [0.2, 0.25) is 5.02 Å². The van der Waals surface area contributed by atoms with Crippen LogP contribution in [0.1, 0.15) is 5.56 Å². The Morgan fingerprint density at radius 3 is 2.43 bits per heavy atom. The van der Waals surface area contributed by atoms with Crippen LogP contribution in [0, 0.1) is 0 Å². The van der Waals surface area contributed by atoms with E-state index >= 15 is 0 Å². The number of hydrogen-bond donors (Lipinski definition) is 0. The van der Waals surface area contributed by atoms with Gasteiger partial charge in [0, 0.05) is 20.8 Å². The molecule has 0 aliphatic heterocycles. The number of hydrogen-bond acceptors (Lipinski definition) is 4. The minimum absolute atomic E-state index is 0.505. The topological polar surface area (TPSA) is 38.9 Å².